The average Bonchev–Trinajstić information content (AvgIpc) is 3.50. The molecule has 0 saturated heterocycles. The van der Waals surface area contributed by atoms with Crippen LogP contribution in [0.3, 0.4) is 0 Å². The van der Waals surface area contributed by atoms with Crippen molar-refractivity contribution in [2.45, 2.75) is 19.3 Å². The average molecular weight is 716 g/mol. The quantitative estimate of drug-likeness (QED) is 0.159. The van der Waals surface area contributed by atoms with Crippen LogP contribution in [0.4, 0.5) is 17.1 Å². The first-order valence-corrected chi connectivity index (χ1v) is 19.5. The molecule has 266 valence electrons. The predicted molar refractivity (Wildman–Crippen MR) is 238 cm³/mol. The molecule has 0 fully saturated rings. The molecule has 0 bridgehead atoms. The molecule has 56 heavy (non-hydrogen) atoms. The minimum absolute atomic E-state index is 0.213. The number of hydrogen-bond acceptors (Lipinski definition) is 1. The lowest BCUT2D eigenvalue weighted by Gasteiger charge is -2.34. The van der Waals surface area contributed by atoms with Crippen molar-refractivity contribution in [1.82, 2.24) is 0 Å². The Labute approximate surface area is 329 Å². The maximum Gasteiger partial charge on any atom is 0.0540 e. The SMILES string of the molecule is CC1(C)c2ccccc2-c2cccc(N(c3cccc(-c4cccc5cccc(-c6ccccc6)c45)c3)c3ccc(-c4ccccc4)cc3-c3ccccc3)c21. The van der Waals surface area contributed by atoms with Crippen LogP contribution in [0.25, 0.3) is 66.4 Å². The van der Waals surface area contributed by atoms with Crippen molar-refractivity contribution in [1.29, 1.82) is 0 Å². The standard InChI is InChI=1S/C55H41N/c1-55(2)50-32-13-12-28-47(50)48-31-17-33-52(54(48)55)56(51-35-34-42(38-18-6-3-7-19-38)37-49(51)40-22-10-5-11-23-40)44-27-14-26-43(36-44)46-30-16-25-41-24-15-29-45(53(41)46)39-20-8-4-9-21-39/h3-37H,1-2H3. The number of anilines is 3. The van der Waals surface area contributed by atoms with Crippen molar-refractivity contribution in [3.05, 3.63) is 223 Å². The van der Waals surface area contributed by atoms with E-state index in [-0.39, 0.29) is 5.41 Å². The van der Waals surface area contributed by atoms with E-state index < -0.39 is 0 Å². The van der Waals surface area contributed by atoms with Gasteiger partial charge in [0.2, 0.25) is 0 Å². The topological polar surface area (TPSA) is 3.24 Å². The normalized spacial score (nSPS) is 12.6. The highest BCUT2D eigenvalue weighted by Crippen LogP contribution is 2.55. The fraction of sp³-hybridized carbons (Fsp3) is 0.0545. The lowest BCUT2D eigenvalue weighted by molar-refractivity contribution is 0.661. The lowest BCUT2D eigenvalue weighted by Crippen LogP contribution is -2.21. The van der Waals surface area contributed by atoms with Crippen molar-refractivity contribution in [2.24, 2.45) is 0 Å². The third-order valence-corrected chi connectivity index (χ3v) is 11.6. The zero-order chi connectivity index (χ0) is 37.6. The second-order valence-corrected chi connectivity index (χ2v) is 15.3. The summed E-state index contributed by atoms with van der Waals surface area (Å²) < 4.78 is 0. The van der Waals surface area contributed by atoms with E-state index in [1.807, 2.05) is 0 Å². The van der Waals surface area contributed by atoms with E-state index in [1.165, 1.54) is 83.2 Å². The molecule has 9 aromatic rings. The first-order chi connectivity index (χ1) is 27.6. The van der Waals surface area contributed by atoms with Gasteiger partial charge in [0, 0.05) is 16.7 Å². The van der Waals surface area contributed by atoms with E-state index in [1.54, 1.807) is 0 Å². The van der Waals surface area contributed by atoms with Gasteiger partial charge >= 0.3 is 0 Å². The van der Waals surface area contributed by atoms with Crippen LogP contribution in [-0.4, -0.2) is 0 Å². The zero-order valence-electron chi connectivity index (χ0n) is 31.7. The van der Waals surface area contributed by atoms with Gasteiger partial charge in [0.05, 0.1) is 11.4 Å². The van der Waals surface area contributed by atoms with E-state index in [0.717, 1.165) is 11.4 Å². The van der Waals surface area contributed by atoms with E-state index in [4.69, 9.17) is 0 Å². The van der Waals surface area contributed by atoms with Gasteiger partial charge in [-0.05, 0) is 102 Å². The Morgan fingerprint density at radius 1 is 0.339 bits per heavy atom. The Hall–Kier alpha value is -6.96. The molecule has 0 aromatic heterocycles. The van der Waals surface area contributed by atoms with Gasteiger partial charge in [0.25, 0.3) is 0 Å². The number of hydrogen-bond donors (Lipinski definition) is 0. The largest absolute Gasteiger partial charge is 0.310 e. The molecule has 1 heteroatoms. The van der Waals surface area contributed by atoms with Crippen LogP contribution in [0, 0.1) is 0 Å². The Morgan fingerprint density at radius 3 is 1.59 bits per heavy atom. The Bertz CT molecular complexity index is 2860. The van der Waals surface area contributed by atoms with Crippen LogP contribution in [0.15, 0.2) is 212 Å². The summed E-state index contributed by atoms with van der Waals surface area (Å²) in [5, 5.41) is 2.49. The zero-order valence-corrected chi connectivity index (χ0v) is 31.7. The summed E-state index contributed by atoms with van der Waals surface area (Å²) in [5.74, 6) is 0. The summed E-state index contributed by atoms with van der Waals surface area (Å²) in [4.78, 5) is 2.52. The van der Waals surface area contributed by atoms with Crippen LogP contribution in [0.2, 0.25) is 0 Å². The lowest BCUT2D eigenvalue weighted by atomic mass is 9.81. The molecule has 1 aliphatic rings. The summed E-state index contributed by atoms with van der Waals surface area (Å²) in [6.07, 6.45) is 0. The highest BCUT2D eigenvalue weighted by atomic mass is 15.1. The minimum atomic E-state index is -0.213. The molecule has 0 unspecified atom stereocenters. The van der Waals surface area contributed by atoms with E-state index in [9.17, 15) is 0 Å². The first-order valence-electron chi connectivity index (χ1n) is 19.5. The van der Waals surface area contributed by atoms with Gasteiger partial charge in [-0.25, -0.2) is 0 Å². The molecule has 9 aromatic carbocycles. The van der Waals surface area contributed by atoms with Gasteiger partial charge in [-0.15, -0.1) is 0 Å². The summed E-state index contributed by atoms with van der Waals surface area (Å²) in [7, 11) is 0. The third kappa shape index (κ3) is 5.63. The van der Waals surface area contributed by atoms with Crippen molar-refractivity contribution in [3.63, 3.8) is 0 Å². The molecule has 0 radical (unpaired) electrons. The van der Waals surface area contributed by atoms with Crippen LogP contribution in [-0.2, 0) is 5.41 Å². The van der Waals surface area contributed by atoms with E-state index in [0.29, 0.717) is 0 Å². The van der Waals surface area contributed by atoms with Gasteiger partial charge in [-0.2, -0.15) is 0 Å². The van der Waals surface area contributed by atoms with Crippen LogP contribution < -0.4 is 4.90 Å². The van der Waals surface area contributed by atoms with Gasteiger partial charge in [0.1, 0.15) is 0 Å². The van der Waals surface area contributed by atoms with Crippen molar-refractivity contribution < 1.29 is 0 Å². The van der Waals surface area contributed by atoms with E-state index >= 15 is 0 Å². The van der Waals surface area contributed by atoms with Crippen LogP contribution in [0.5, 0.6) is 0 Å². The molecule has 0 atom stereocenters. The van der Waals surface area contributed by atoms with Crippen molar-refractivity contribution >= 4 is 27.8 Å². The number of nitrogens with zero attached hydrogens (tertiary/aromatic N) is 1. The molecule has 0 N–H and O–H groups in total. The number of benzene rings is 9. The second kappa shape index (κ2) is 13.7. The first kappa shape index (κ1) is 33.6. The molecule has 1 aliphatic carbocycles. The highest BCUT2D eigenvalue weighted by molar-refractivity contribution is 6.07. The molecule has 0 aliphatic heterocycles. The molecular weight excluding hydrogens is 675 g/mol. The summed E-state index contributed by atoms with van der Waals surface area (Å²) in [6, 6.07) is 77.6. The monoisotopic (exact) mass is 715 g/mol. The van der Waals surface area contributed by atoms with Crippen molar-refractivity contribution in [3.8, 4) is 55.6 Å². The van der Waals surface area contributed by atoms with E-state index in [2.05, 4.69) is 231 Å². The second-order valence-electron chi connectivity index (χ2n) is 15.3. The highest BCUT2D eigenvalue weighted by Gasteiger charge is 2.39. The van der Waals surface area contributed by atoms with Gasteiger partial charge in [-0.3, -0.25) is 0 Å². The van der Waals surface area contributed by atoms with Gasteiger partial charge < -0.3 is 4.90 Å². The number of rotatable bonds is 7. The maximum atomic E-state index is 2.52. The van der Waals surface area contributed by atoms with Gasteiger partial charge in [-0.1, -0.05) is 196 Å². The molecule has 0 spiro atoms. The molecular formula is C55H41N. The molecule has 0 saturated carbocycles. The fourth-order valence-electron chi connectivity index (χ4n) is 9.06. The van der Waals surface area contributed by atoms with Crippen LogP contribution >= 0.6 is 0 Å². The molecule has 10 rings (SSSR count). The molecule has 1 nitrogen and oxygen atoms in total. The minimum Gasteiger partial charge on any atom is -0.310 e. The molecule has 0 amide bonds. The smallest absolute Gasteiger partial charge is 0.0540 e. The Kier molecular flexibility index (Phi) is 8.23. The molecule has 0 heterocycles. The number of fused-ring (bicyclic) bond motifs is 4. The fourth-order valence-corrected chi connectivity index (χ4v) is 9.06. The summed E-state index contributed by atoms with van der Waals surface area (Å²) in [6.45, 7) is 4.77. The van der Waals surface area contributed by atoms with Crippen LogP contribution in [0.1, 0.15) is 25.0 Å². The summed E-state index contributed by atoms with van der Waals surface area (Å²) in [5.41, 5.74) is 18.2. The predicted octanol–water partition coefficient (Wildman–Crippen LogP) is 15.3. The summed E-state index contributed by atoms with van der Waals surface area (Å²) >= 11 is 0. The Balaban J connectivity index is 1.24. The third-order valence-electron chi connectivity index (χ3n) is 11.6. The van der Waals surface area contributed by atoms with Crippen molar-refractivity contribution in [2.75, 3.05) is 4.90 Å². The maximum absolute atomic E-state index is 2.52. The van der Waals surface area contributed by atoms with Gasteiger partial charge in [0.15, 0.2) is 0 Å². The Morgan fingerprint density at radius 2 is 0.875 bits per heavy atom.